The molecule has 11 heteroatoms. The zero-order chi connectivity index (χ0) is 30.8. The van der Waals surface area contributed by atoms with E-state index in [1.807, 2.05) is 29.7 Å². The van der Waals surface area contributed by atoms with E-state index in [1.54, 1.807) is 43.1 Å². The Morgan fingerprint density at radius 2 is 1.91 bits per heavy atom. The molecule has 2 atom stereocenters. The van der Waals surface area contributed by atoms with E-state index in [1.165, 1.54) is 12.1 Å². The third kappa shape index (κ3) is 4.87. The van der Waals surface area contributed by atoms with E-state index >= 15 is 0 Å². The zero-order valence-electron chi connectivity index (χ0n) is 24.6. The number of nitrogens with one attached hydrogen (secondary N) is 1. The minimum absolute atomic E-state index is 0.0563. The molecule has 0 spiro atoms. The number of amides is 1. The van der Waals surface area contributed by atoms with E-state index < -0.39 is 11.1 Å². The highest BCUT2D eigenvalue weighted by Crippen LogP contribution is 2.50. The fraction of sp³-hybridized carbons (Fsp3) is 0.324. The number of aromatic nitrogens is 5. The summed E-state index contributed by atoms with van der Waals surface area (Å²) in [5.41, 5.74) is 1.33. The van der Waals surface area contributed by atoms with Gasteiger partial charge in [0.1, 0.15) is 53.2 Å². The molecule has 2 saturated carbocycles. The molecule has 2 fully saturated rings. The third-order valence-corrected chi connectivity index (χ3v) is 9.12. The van der Waals surface area contributed by atoms with Gasteiger partial charge < -0.3 is 24.5 Å². The maximum atomic E-state index is 13.9. The van der Waals surface area contributed by atoms with Crippen LogP contribution in [0, 0.1) is 11.7 Å². The number of rotatable bonds is 9. The van der Waals surface area contributed by atoms with Gasteiger partial charge in [0, 0.05) is 28.3 Å². The summed E-state index contributed by atoms with van der Waals surface area (Å²) in [6.07, 6.45) is 8.65. The monoisotopic (exact) mass is 606 g/mol. The van der Waals surface area contributed by atoms with Gasteiger partial charge in [-0.25, -0.2) is 9.37 Å². The van der Waals surface area contributed by atoms with Gasteiger partial charge in [-0.15, -0.1) is 10.2 Å². The molecule has 45 heavy (non-hydrogen) atoms. The number of ether oxygens (including phenoxy) is 2. The van der Waals surface area contributed by atoms with Crippen molar-refractivity contribution in [3.05, 3.63) is 96.1 Å². The van der Waals surface area contributed by atoms with Gasteiger partial charge in [0.2, 0.25) is 0 Å². The second kappa shape index (κ2) is 10.3. The fourth-order valence-electron chi connectivity index (χ4n) is 6.13. The van der Waals surface area contributed by atoms with Crippen molar-refractivity contribution in [2.45, 2.75) is 49.9 Å². The van der Waals surface area contributed by atoms with Crippen molar-refractivity contribution in [2.75, 3.05) is 13.2 Å². The maximum Gasteiger partial charge on any atom is 0.251 e. The standard InChI is InChI=1S/C34H31FN6O4/c1-33(41-18-38-39-19-41)17-44-31-26(33)15-28(40-30(31)20-4-8-24(35)9-5-20)34(43,23-6-7-23)16-37-32(42)22-13-21-3-2-12-36-29(21)27(14-22)45-25-10-11-25/h2-5,8-9,12-15,18-19,23,25,43H,6-7,10-11,16-17H2,1H3,(H,37,42)/t33-,34+/m0/s1. The number of hydrogen-bond donors (Lipinski definition) is 2. The Labute approximate surface area is 258 Å². The molecule has 2 aliphatic carbocycles. The maximum absolute atomic E-state index is 13.9. The lowest BCUT2D eigenvalue weighted by molar-refractivity contribution is 0.00945. The first kappa shape index (κ1) is 27.6. The first-order valence-electron chi connectivity index (χ1n) is 15.2. The van der Waals surface area contributed by atoms with Gasteiger partial charge in [-0.05, 0) is 87.1 Å². The normalized spacial score (nSPS) is 20.3. The summed E-state index contributed by atoms with van der Waals surface area (Å²) >= 11 is 0. The van der Waals surface area contributed by atoms with Crippen LogP contribution in [-0.2, 0) is 11.1 Å². The van der Waals surface area contributed by atoms with Crippen LogP contribution < -0.4 is 14.8 Å². The minimum atomic E-state index is -1.47. The molecule has 1 aliphatic heterocycles. The van der Waals surface area contributed by atoms with Crippen LogP contribution in [0.4, 0.5) is 4.39 Å². The molecule has 228 valence electrons. The lowest BCUT2D eigenvalue weighted by Crippen LogP contribution is -2.43. The second-order valence-electron chi connectivity index (χ2n) is 12.4. The lowest BCUT2D eigenvalue weighted by atomic mass is 9.86. The van der Waals surface area contributed by atoms with Crippen LogP contribution in [0.2, 0.25) is 0 Å². The van der Waals surface area contributed by atoms with Crippen molar-refractivity contribution in [1.82, 2.24) is 30.0 Å². The Hall–Kier alpha value is -4.90. The summed E-state index contributed by atoms with van der Waals surface area (Å²) in [6, 6.07) is 15.1. The number of nitrogens with zero attached hydrogens (tertiary/aromatic N) is 5. The molecule has 10 nitrogen and oxygen atoms in total. The van der Waals surface area contributed by atoms with Gasteiger partial charge in [-0.3, -0.25) is 9.78 Å². The van der Waals surface area contributed by atoms with E-state index in [9.17, 15) is 14.3 Å². The number of carbonyl (C=O) groups excluding carboxylic acids is 1. The van der Waals surface area contributed by atoms with Crippen LogP contribution >= 0.6 is 0 Å². The van der Waals surface area contributed by atoms with Crippen LogP contribution in [0.1, 0.15) is 54.2 Å². The number of pyridine rings is 2. The smallest absolute Gasteiger partial charge is 0.251 e. The Kier molecular flexibility index (Phi) is 6.35. The Balaban J connectivity index is 1.17. The quantitative estimate of drug-likeness (QED) is 0.246. The highest BCUT2D eigenvalue weighted by molar-refractivity contribution is 6.00. The number of aliphatic hydroxyl groups is 1. The van der Waals surface area contributed by atoms with Crippen molar-refractivity contribution in [3.8, 4) is 22.8 Å². The molecular weight excluding hydrogens is 575 g/mol. The third-order valence-electron chi connectivity index (χ3n) is 9.12. The fourth-order valence-corrected chi connectivity index (χ4v) is 6.13. The van der Waals surface area contributed by atoms with Crippen molar-refractivity contribution in [2.24, 2.45) is 5.92 Å². The van der Waals surface area contributed by atoms with Crippen molar-refractivity contribution >= 4 is 16.8 Å². The summed E-state index contributed by atoms with van der Waals surface area (Å²) in [5, 5.41) is 24.2. The average Bonchev–Trinajstić information content (AvgIpc) is 3.99. The summed E-state index contributed by atoms with van der Waals surface area (Å²) in [4.78, 5) is 23.1. The highest BCUT2D eigenvalue weighted by Gasteiger charge is 2.49. The number of benzene rings is 2. The van der Waals surface area contributed by atoms with Gasteiger partial charge in [-0.2, -0.15) is 0 Å². The molecule has 2 aromatic carbocycles. The summed E-state index contributed by atoms with van der Waals surface area (Å²) in [5.74, 6) is 0.321. The minimum Gasteiger partial charge on any atom is -0.488 e. The number of halogens is 1. The van der Waals surface area contributed by atoms with Crippen molar-refractivity contribution in [3.63, 3.8) is 0 Å². The highest BCUT2D eigenvalue weighted by atomic mass is 19.1. The topological polar surface area (TPSA) is 124 Å². The lowest BCUT2D eigenvalue weighted by Gasteiger charge is -2.30. The first-order chi connectivity index (χ1) is 21.8. The summed E-state index contributed by atoms with van der Waals surface area (Å²) in [7, 11) is 0. The molecule has 1 amide bonds. The Morgan fingerprint density at radius 1 is 1.13 bits per heavy atom. The zero-order valence-corrected chi connectivity index (χ0v) is 24.6. The average molecular weight is 607 g/mol. The van der Waals surface area contributed by atoms with Crippen molar-refractivity contribution in [1.29, 1.82) is 0 Å². The molecule has 3 aliphatic rings. The molecule has 0 unspecified atom stereocenters. The molecule has 4 heterocycles. The van der Waals surface area contributed by atoms with Crippen LogP contribution in [0.15, 0.2) is 73.4 Å². The van der Waals surface area contributed by atoms with E-state index in [2.05, 4.69) is 20.5 Å². The van der Waals surface area contributed by atoms with E-state index in [0.29, 0.717) is 46.1 Å². The molecule has 8 rings (SSSR count). The second-order valence-corrected chi connectivity index (χ2v) is 12.4. The van der Waals surface area contributed by atoms with Gasteiger partial charge in [0.15, 0.2) is 5.75 Å². The molecule has 3 aromatic heterocycles. The predicted octanol–water partition coefficient (Wildman–Crippen LogP) is 4.75. The molecule has 0 bridgehead atoms. The Morgan fingerprint density at radius 3 is 2.64 bits per heavy atom. The molecule has 5 aromatic rings. The number of fused-ring (bicyclic) bond motifs is 2. The summed E-state index contributed by atoms with van der Waals surface area (Å²) < 4.78 is 28.1. The SMILES string of the molecule is C[C@]1(n2cnnc2)COc2c1cc([C@@](O)(CNC(=O)c1cc(OC3CC3)c3ncccc3c1)C1CC1)nc2-c1ccc(F)cc1. The number of hydrogen-bond acceptors (Lipinski definition) is 8. The first-order valence-corrected chi connectivity index (χ1v) is 15.2. The van der Waals surface area contributed by atoms with Crippen LogP contribution in [0.3, 0.4) is 0 Å². The molecular formula is C34H31FN6O4. The predicted molar refractivity (Wildman–Crippen MR) is 162 cm³/mol. The van der Waals surface area contributed by atoms with Gasteiger partial charge in [-0.1, -0.05) is 6.07 Å². The van der Waals surface area contributed by atoms with Gasteiger partial charge in [0.25, 0.3) is 5.91 Å². The molecule has 0 saturated heterocycles. The van der Waals surface area contributed by atoms with E-state index in [4.69, 9.17) is 14.5 Å². The molecule has 0 radical (unpaired) electrons. The van der Waals surface area contributed by atoms with Crippen molar-refractivity contribution < 1.29 is 23.8 Å². The Bertz CT molecular complexity index is 1930. The van der Waals surface area contributed by atoms with Crippen LogP contribution in [0.25, 0.3) is 22.2 Å². The van der Waals surface area contributed by atoms with E-state index in [-0.39, 0.29) is 30.3 Å². The van der Waals surface area contributed by atoms with Crippen LogP contribution in [-0.4, -0.2) is 55.0 Å². The largest absolute Gasteiger partial charge is 0.488 e. The molecule has 2 N–H and O–H groups in total. The summed E-state index contributed by atoms with van der Waals surface area (Å²) in [6.45, 7) is 2.24. The van der Waals surface area contributed by atoms with Crippen LogP contribution in [0.5, 0.6) is 11.5 Å². The van der Waals surface area contributed by atoms with Gasteiger partial charge in [0.05, 0.1) is 18.3 Å². The number of carbonyl (C=O) groups is 1. The van der Waals surface area contributed by atoms with E-state index in [0.717, 1.165) is 36.6 Å². The van der Waals surface area contributed by atoms with Gasteiger partial charge >= 0.3 is 0 Å².